The molecule has 1 amide bonds. The lowest BCUT2D eigenvalue weighted by Gasteiger charge is -2.37. The molecule has 1 saturated carbocycles. The Labute approximate surface area is 127 Å². The number of piperidine rings is 1. The number of sulfonamides is 1. The Hall–Kier alpha value is -0.620. The highest BCUT2D eigenvalue weighted by atomic mass is 32.2. The molecule has 3 fully saturated rings. The minimum Gasteiger partial charge on any atom is -0.353 e. The molecule has 120 valence electrons. The van der Waals surface area contributed by atoms with E-state index < -0.39 is 10.0 Å². The van der Waals surface area contributed by atoms with Gasteiger partial charge in [0.1, 0.15) is 0 Å². The van der Waals surface area contributed by atoms with Crippen molar-refractivity contribution in [2.24, 2.45) is 5.92 Å². The molecule has 1 N–H and O–H groups in total. The van der Waals surface area contributed by atoms with Crippen molar-refractivity contribution in [2.45, 2.75) is 75.9 Å². The monoisotopic (exact) mass is 314 g/mol. The van der Waals surface area contributed by atoms with Crippen LogP contribution in [0, 0.1) is 5.92 Å². The van der Waals surface area contributed by atoms with E-state index in [0.717, 1.165) is 25.7 Å². The van der Waals surface area contributed by atoms with Gasteiger partial charge in [0.2, 0.25) is 15.9 Å². The number of nitrogens with one attached hydrogen (secondary N) is 1. The smallest absolute Gasteiger partial charge is 0.220 e. The van der Waals surface area contributed by atoms with Crippen LogP contribution in [-0.4, -0.2) is 43.0 Å². The highest BCUT2D eigenvalue weighted by Gasteiger charge is 2.45. The summed E-state index contributed by atoms with van der Waals surface area (Å²) in [5, 5.41) is 3.16. The predicted octanol–water partition coefficient (Wildman–Crippen LogP) is 1.64. The van der Waals surface area contributed by atoms with Crippen molar-refractivity contribution in [1.82, 2.24) is 9.62 Å². The normalized spacial score (nSPS) is 34.2. The number of hydrogen-bond donors (Lipinski definition) is 1. The number of carbonyl (C=O) groups is 1. The molecular weight excluding hydrogens is 288 g/mol. The van der Waals surface area contributed by atoms with Crippen LogP contribution in [0.4, 0.5) is 0 Å². The Morgan fingerprint density at radius 3 is 2.19 bits per heavy atom. The molecule has 0 aromatic heterocycles. The average molecular weight is 314 g/mol. The molecule has 6 heteroatoms. The predicted molar refractivity (Wildman–Crippen MR) is 81.2 cm³/mol. The molecule has 2 saturated heterocycles. The first-order chi connectivity index (χ1) is 9.93. The number of carbonyl (C=O) groups excluding carboxylic acids is 1. The Kier molecular flexibility index (Phi) is 4.28. The Morgan fingerprint density at radius 2 is 1.67 bits per heavy atom. The first-order valence-electron chi connectivity index (χ1n) is 8.21. The van der Waals surface area contributed by atoms with Gasteiger partial charge in [-0.05, 0) is 44.4 Å². The van der Waals surface area contributed by atoms with Crippen LogP contribution in [-0.2, 0) is 14.8 Å². The molecule has 5 nitrogen and oxygen atoms in total. The minimum absolute atomic E-state index is 0.0931. The maximum absolute atomic E-state index is 12.1. The van der Waals surface area contributed by atoms with E-state index in [9.17, 15) is 13.2 Å². The third kappa shape index (κ3) is 3.42. The first-order valence-corrected chi connectivity index (χ1v) is 10.1. The summed E-state index contributed by atoms with van der Waals surface area (Å²) in [7, 11) is -3.11. The third-order valence-corrected chi connectivity index (χ3v) is 6.73. The van der Waals surface area contributed by atoms with Gasteiger partial charge in [0.05, 0.1) is 6.26 Å². The topological polar surface area (TPSA) is 66.5 Å². The standard InChI is InChI=1S/C15H26N2O3S/c1-21(19,20)17-13-6-7-14(17)10-12(9-13)16-15(18)8-11-4-2-3-5-11/h11-14H,2-10H2,1H3,(H,16,18). The zero-order valence-electron chi connectivity index (χ0n) is 12.8. The molecule has 2 heterocycles. The molecule has 0 radical (unpaired) electrons. The fraction of sp³-hybridized carbons (Fsp3) is 0.933. The molecule has 3 rings (SSSR count). The molecule has 0 spiro atoms. The van der Waals surface area contributed by atoms with Gasteiger partial charge in [-0.15, -0.1) is 0 Å². The van der Waals surface area contributed by atoms with Gasteiger partial charge in [0.25, 0.3) is 0 Å². The SMILES string of the molecule is CS(=O)(=O)N1C2CCC1CC(NC(=O)CC1CCCC1)C2. The van der Waals surface area contributed by atoms with Crippen molar-refractivity contribution in [2.75, 3.05) is 6.26 Å². The molecule has 2 unspecified atom stereocenters. The van der Waals surface area contributed by atoms with Crippen molar-refractivity contribution in [1.29, 1.82) is 0 Å². The second-order valence-corrected chi connectivity index (χ2v) is 8.96. The van der Waals surface area contributed by atoms with Crippen LogP contribution >= 0.6 is 0 Å². The van der Waals surface area contributed by atoms with Crippen LogP contribution in [0.15, 0.2) is 0 Å². The Bertz CT molecular complexity index is 485. The van der Waals surface area contributed by atoms with Gasteiger partial charge in [0.15, 0.2) is 0 Å². The second kappa shape index (κ2) is 5.88. The summed E-state index contributed by atoms with van der Waals surface area (Å²) in [6.45, 7) is 0. The molecular formula is C15H26N2O3S. The zero-order chi connectivity index (χ0) is 15.0. The summed E-state index contributed by atoms with van der Waals surface area (Å²) in [6.07, 6.45) is 10.3. The van der Waals surface area contributed by atoms with Crippen molar-refractivity contribution >= 4 is 15.9 Å². The third-order valence-electron chi connectivity index (χ3n) is 5.36. The van der Waals surface area contributed by atoms with E-state index in [0.29, 0.717) is 12.3 Å². The van der Waals surface area contributed by atoms with Gasteiger partial charge in [-0.25, -0.2) is 8.42 Å². The maximum atomic E-state index is 12.1. The van der Waals surface area contributed by atoms with Crippen LogP contribution < -0.4 is 5.32 Å². The summed E-state index contributed by atoms with van der Waals surface area (Å²) >= 11 is 0. The van der Waals surface area contributed by atoms with E-state index >= 15 is 0 Å². The zero-order valence-corrected chi connectivity index (χ0v) is 13.6. The maximum Gasteiger partial charge on any atom is 0.220 e. The van der Waals surface area contributed by atoms with E-state index in [1.165, 1.54) is 31.9 Å². The fourth-order valence-corrected chi connectivity index (χ4v) is 6.02. The van der Waals surface area contributed by atoms with Crippen molar-refractivity contribution in [3.8, 4) is 0 Å². The quantitative estimate of drug-likeness (QED) is 0.858. The lowest BCUT2D eigenvalue weighted by molar-refractivity contribution is -0.123. The van der Waals surface area contributed by atoms with Gasteiger partial charge in [0, 0.05) is 24.5 Å². The van der Waals surface area contributed by atoms with Gasteiger partial charge in [-0.3, -0.25) is 4.79 Å². The molecule has 2 bridgehead atoms. The lowest BCUT2D eigenvalue weighted by atomic mass is 9.98. The largest absolute Gasteiger partial charge is 0.353 e. The number of hydrogen-bond acceptors (Lipinski definition) is 3. The summed E-state index contributed by atoms with van der Waals surface area (Å²) < 4.78 is 25.4. The van der Waals surface area contributed by atoms with Crippen LogP contribution in [0.5, 0.6) is 0 Å². The highest BCUT2D eigenvalue weighted by Crippen LogP contribution is 2.37. The number of fused-ring (bicyclic) bond motifs is 2. The fourth-order valence-electron chi connectivity index (χ4n) is 4.56. The van der Waals surface area contributed by atoms with Gasteiger partial charge in [-0.1, -0.05) is 12.8 Å². The Balaban J connectivity index is 1.54. The van der Waals surface area contributed by atoms with E-state index in [1.807, 2.05) is 0 Å². The lowest BCUT2D eigenvalue weighted by Crippen LogP contribution is -2.52. The average Bonchev–Trinajstić information content (AvgIpc) is 2.95. The van der Waals surface area contributed by atoms with Crippen molar-refractivity contribution < 1.29 is 13.2 Å². The van der Waals surface area contributed by atoms with Crippen molar-refractivity contribution in [3.63, 3.8) is 0 Å². The molecule has 2 aliphatic heterocycles. The van der Waals surface area contributed by atoms with Gasteiger partial charge < -0.3 is 5.32 Å². The summed E-state index contributed by atoms with van der Waals surface area (Å²) in [5.74, 6) is 0.733. The van der Waals surface area contributed by atoms with Gasteiger partial charge in [-0.2, -0.15) is 4.31 Å². The van der Waals surface area contributed by atoms with E-state index in [-0.39, 0.29) is 24.0 Å². The summed E-state index contributed by atoms with van der Waals surface area (Å²) in [5.41, 5.74) is 0. The first kappa shape index (κ1) is 15.3. The number of rotatable bonds is 4. The van der Waals surface area contributed by atoms with Gasteiger partial charge >= 0.3 is 0 Å². The molecule has 3 aliphatic rings. The molecule has 2 atom stereocenters. The van der Waals surface area contributed by atoms with Crippen LogP contribution in [0.3, 0.4) is 0 Å². The second-order valence-electron chi connectivity index (χ2n) is 7.07. The Morgan fingerprint density at radius 1 is 1.10 bits per heavy atom. The molecule has 21 heavy (non-hydrogen) atoms. The van der Waals surface area contributed by atoms with E-state index in [2.05, 4.69) is 5.32 Å². The van der Waals surface area contributed by atoms with Crippen LogP contribution in [0.1, 0.15) is 57.8 Å². The van der Waals surface area contributed by atoms with E-state index in [4.69, 9.17) is 0 Å². The number of amides is 1. The molecule has 1 aliphatic carbocycles. The van der Waals surface area contributed by atoms with Crippen molar-refractivity contribution in [3.05, 3.63) is 0 Å². The molecule has 0 aromatic rings. The minimum atomic E-state index is -3.11. The highest BCUT2D eigenvalue weighted by molar-refractivity contribution is 7.88. The molecule has 0 aromatic carbocycles. The summed E-state index contributed by atoms with van der Waals surface area (Å²) in [4.78, 5) is 12.1. The number of nitrogens with zero attached hydrogens (tertiary/aromatic N) is 1. The van der Waals surface area contributed by atoms with E-state index in [1.54, 1.807) is 4.31 Å². The van der Waals surface area contributed by atoms with Crippen LogP contribution in [0.2, 0.25) is 0 Å². The summed E-state index contributed by atoms with van der Waals surface area (Å²) in [6, 6.07) is 0.348. The van der Waals surface area contributed by atoms with Crippen LogP contribution in [0.25, 0.3) is 0 Å².